The van der Waals surface area contributed by atoms with Crippen LogP contribution in [0.1, 0.15) is 30.9 Å². The van der Waals surface area contributed by atoms with Crippen LogP contribution in [0.5, 0.6) is 0 Å². The fraction of sp³-hybridized carbons (Fsp3) is 0.391. The normalized spacial score (nSPS) is 25.6. The minimum Gasteiger partial charge on any atom is -0.311 e. The van der Waals surface area contributed by atoms with E-state index in [1.54, 1.807) is 0 Å². The van der Waals surface area contributed by atoms with Gasteiger partial charge in [-0.25, -0.2) is 0 Å². The Morgan fingerprint density at radius 1 is 1.11 bits per heavy atom. The molecule has 2 aromatic carbocycles. The number of piperidine rings is 1. The SMILES string of the molecule is C=CC1CC(CN2CCC(c3cccc(-c4ccccc4)c3)[N+]2=O)CCN1. The molecule has 2 aliphatic heterocycles. The molecule has 3 atom stereocenters. The van der Waals surface area contributed by atoms with Gasteiger partial charge in [0.2, 0.25) is 0 Å². The summed E-state index contributed by atoms with van der Waals surface area (Å²) in [5.74, 6) is 0.556. The summed E-state index contributed by atoms with van der Waals surface area (Å²) < 4.78 is 0. The second kappa shape index (κ2) is 8.05. The summed E-state index contributed by atoms with van der Waals surface area (Å²) in [5.41, 5.74) is 3.48. The van der Waals surface area contributed by atoms with E-state index in [4.69, 9.17) is 0 Å². The first-order valence-corrected chi connectivity index (χ1v) is 9.97. The van der Waals surface area contributed by atoms with E-state index < -0.39 is 0 Å². The van der Waals surface area contributed by atoms with Gasteiger partial charge in [0.25, 0.3) is 6.04 Å². The zero-order valence-electron chi connectivity index (χ0n) is 15.8. The highest BCUT2D eigenvalue weighted by atomic mass is 16.3. The van der Waals surface area contributed by atoms with Gasteiger partial charge in [0.05, 0.1) is 18.0 Å². The molecule has 0 radical (unpaired) electrons. The van der Waals surface area contributed by atoms with Crippen molar-refractivity contribution in [3.05, 3.63) is 77.7 Å². The Labute approximate surface area is 161 Å². The molecule has 0 amide bonds. The van der Waals surface area contributed by atoms with Gasteiger partial charge in [0, 0.05) is 18.0 Å². The Hall–Kier alpha value is -2.46. The maximum Gasteiger partial charge on any atom is 0.261 e. The molecule has 2 heterocycles. The Morgan fingerprint density at radius 2 is 1.93 bits per heavy atom. The van der Waals surface area contributed by atoms with E-state index in [0.29, 0.717) is 12.0 Å². The Kier molecular flexibility index (Phi) is 5.35. The van der Waals surface area contributed by atoms with Crippen molar-refractivity contribution in [2.75, 3.05) is 19.6 Å². The Balaban J connectivity index is 1.45. The topological polar surface area (TPSA) is 35.4 Å². The van der Waals surface area contributed by atoms with Crippen LogP contribution >= 0.6 is 0 Å². The molecule has 4 heteroatoms. The van der Waals surface area contributed by atoms with Gasteiger partial charge in [-0.3, -0.25) is 0 Å². The number of benzene rings is 2. The molecule has 2 saturated heterocycles. The highest BCUT2D eigenvalue weighted by Gasteiger charge is 2.42. The predicted molar refractivity (Wildman–Crippen MR) is 109 cm³/mol. The third kappa shape index (κ3) is 3.96. The molecule has 2 aliphatic rings. The van der Waals surface area contributed by atoms with Gasteiger partial charge in [-0.1, -0.05) is 54.6 Å². The molecule has 0 aromatic heterocycles. The quantitative estimate of drug-likeness (QED) is 0.634. The van der Waals surface area contributed by atoms with Gasteiger partial charge in [-0.05, 0) is 42.5 Å². The van der Waals surface area contributed by atoms with Crippen LogP contribution in [0.2, 0.25) is 0 Å². The van der Waals surface area contributed by atoms with E-state index in [0.717, 1.165) is 44.5 Å². The monoisotopic (exact) mass is 362 g/mol. The van der Waals surface area contributed by atoms with Crippen LogP contribution in [0.3, 0.4) is 0 Å². The minimum absolute atomic E-state index is 0.0782. The number of nitrogens with zero attached hydrogens (tertiary/aromatic N) is 2. The summed E-state index contributed by atoms with van der Waals surface area (Å²) >= 11 is 0. The fourth-order valence-corrected chi connectivity index (χ4v) is 4.38. The first kappa shape index (κ1) is 17.9. The Morgan fingerprint density at radius 3 is 2.74 bits per heavy atom. The second-order valence-electron chi connectivity index (χ2n) is 7.70. The summed E-state index contributed by atoms with van der Waals surface area (Å²) in [6.07, 6.45) is 5.07. The molecule has 3 unspecified atom stereocenters. The standard InChI is InChI=1S/C23H28N3O/c1-2-22-15-18(11-13-24-22)17-25-14-12-23(26(25)27)21-10-6-9-20(16-21)19-7-4-3-5-8-19/h2-10,16,18,22-24H,1,11-15,17H2/q+1. The fourth-order valence-electron chi connectivity index (χ4n) is 4.38. The van der Waals surface area contributed by atoms with Crippen LogP contribution in [-0.4, -0.2) is 35.6 Å². The molecule has 4 rings (SSSR count). The van der Waals surface area contributed by atoms with Crippen molar-refractivity contribution in [3.8, 4) is 11.1 Å². The zero-order chi connectivity index (χ0) is 18.6. The van der Waals surface area contributed by atoms with Gasteiger partial charge < -0.3 is 5.32 Å². The van der Waals surface area contributed by atoms with Crippen LogP contribution in [0, 0.1) is 10.8 Å². The van der Waals surface area contributed by atoms with Crippen molar-refractivity contribution < 1.29 is 4.87 Å². The second-order valence-corrected chi connectivity index (χ2v) is 7.70. The molecule has 140 valence electrons. The summed E-state index contributed by atoms with van der Waals surface area (Å²) in [6, 6.07) is 19.1. The molecule has 0 spiro atoms. The third-order valence-corrected chi connectivity index (χ3v) is 5.88. The van der Waals surface area contributed by atoms with Crippen LogP contribution in [0.4, 0.5) is 0 Å². The van der Waals surface area contributed by atoms with Gasteiger partial charge in [0.15, 0.2) is 0 Å². The lowest BCUT2D eigenvalue weighted by molar-refractivity contribution is -0.717. The molecule has 1 N–H and O–H groups in total. The van der Waals surface area contributed by atoms with Gasteiger partial charge in [0.1, 0.15) is 4.87 Å². The van der Waals surface area contributed by atoms with Crippen LogP contribution in [-0.2, 0) is 0 Å². The third-order valence-electron chi connectivity index (χ3n) is 5.88. The molecular weight excluding hydrogens is 334 g/mol. The molecule has 2 fully saturated rings. The predicted octanol–water partition coefficient (Wildman–Crippen LogP) is 4.35. The smallest absolute Gasteiger partial charge is 0.261 e. The molecule has 0 bridgehead atoms. The molecule has 0 saturated carbocycles. The lowest BCUT2D eigenvalue weighted by Gasteiger charge is -2.29. The van der Waals surface area contributed by atoms with Crippen LogP contribution in [0.25, 0.3) is 11.1 Å². The average molecular weight is 362 g/mol. The summed E-state index contributed by atoms with van der Waals surface area (Å²) in [4.78, 5) is 14.2. The van der Waals surface area contributed by atoms with Crippen LogP contribution < -0.4 is 5.32 Å². The van der Waals surface area contributed by atoms with Gasteiger partial charge in [-0.15, -0.1) is 11.6 Å². The number of hydrogen-bond donors (Lipinski definition) is 1. The number of nitrogens with one attached hydrogen (secondary N) is 1. The van der Waals surface area contributed by atoms with E-state index in [1.165, 1.54) is 16.0 Å². The van der Waals surface area contributed by atoms with E-state index in [1.807, 2.05) is 17.2 Å². The minimum atomic E-state index is -0.0782. The lowest BCUT2D eigenvalue weighted by Crippen LogP contribution is -2.42. The molecular formula is C23H28N3O+. The summed E-state index contributed by atoms with van der Waals surface area (Å²) in [7, 11) is 0. The summed E-state index contributed by atoms with van der Waals surface area (Å²) in [6.45, 7) is 6.60. The molecule has 2 aromatic rings. The molecule has 0 aliphatic carbocycles. The molecule has 27 heavy (non-hydrogen) atoms. The first-order chi connectivity index (χ1) is 13.2. The van der Waals surface area contributed by atoms with Gasteiger partial charge >= 0.3 is 0 Å². The van der Waals surface area contributed by atoms with E-state index >= 15 is 0 Å². The highest BCUT2D eigenvalue weighted by Crippen LogP contribution is 2.32. The summed E-state index contributed by atoms with van der Waals surface area (Å²) in [5, 5.41) is 5.47. The van der Waals surface area contributed by atoms with Crippen molar-refractivity contribution in [1.29, 1.82) is 0 Å². The van der Waals surface area contributed by atoms with E-state index in [-0.39, 0.29) is 6.04 Å². The lowest BCUT2D eigenvalue weighted by atomic mass is 9.92. The number of nitroso groups, excluding NO2 is 1. The largest absolute Gasteiger partial charge is 0.311 e. The first-order valence-electron chi connectivity index (χ1n) is 9.97. The van der Waals surface area contributed by atoms with E-state index in [2.05, 4.69) is 60.4 Å². The maximum atomic E-state index is 13.0. The van der Waals surface area contributed by atoms with Crippen molar-refractivity contribution in [1.82, 2.24) is 10.3 Å². The van der Waals surface area contributed by atoms with Crippen molar-refractivity contribution in [2.24, 2.45) is 5.92 Å². The number of rotatable bonds is 5. The van der Waals surface area contributed by atoms with Gasteiger partial charge in [-0.2, -0.15) is 0 Å². The number of hydrogen-bond acceptors (Lipinski definition) is 2. The van der Waals surface area contributed by atoms with Crippen LogP contribution in [0.15, 0.2) is 67.3 Å². The Bertz CT molecular complexity index is 804. The van der Waals surface area contributed by atoms with Crippen molar-refractivity contribution in [3.63, 3.8) is 0 Å². The highest BCUT2D eigenvalue weighted by molar-refractivity contribution is 5.64. The average Bonchev–Trinajstić information content (AvgIpc) is 3.09. The zero-order valence-corrected chi connectivity index (χ0v) is 15.8. The van der Waals surface area contributed by atoms with Crippen molar-refractivity contribution in [2.45, 2.75) is 31.3 Å². The number of hydrazine groups is 1. The maximum absolute atomic E-state index is 13.0. The molecule has 4 nitrogen and oxygen atoms in total. The van der Waals surface area contributed by atoms with Crippen molar-refractivity contribution >= 4 is 0 Å². The van der Waals surface area contributed by atoms with E-state index in [9.17, 15) is 4.91 Å².